The molecule has 1 spiro atoms. The minimum absolute atomic E-state index is 0.0498. The maximum atomic E-state index is 12.4. The molecule has 0 saturated carbocycles. The lowest BCUT2D eigenvalue weighted by Gasteiger charge is -2.37. The van der Waals surface area contributed by atoms with Crippen molar-refractivity contribution in [1.82, 2.24) is 4.90 Å². The summed E-state index contributed by atoms with van der Waals surface area (Å²) in [6, 6.07) is 6.13. The van der Waals surface area contributed by atoms with Crippen LogP contribution in [0.3, 0.4) is 0 Å². The van der Waals surface area contributed by atoms with Crippen LogP contribution in [0.1, 0.15) is 12.8 Å². The number of para-hydroxylation sites is 2. The smallest absolute Gasteiger partial charge is 0.387 e. The molecule has 2 aliphatic heterocycles. The molecule has 2 aliphatic rings. The van der Waals surface area contributed by atoms with Crippen LogP contribution in [0, 0.1) is 0 Å². The molecule has 1 aromatic carbocycles. The van der Waals surface area contributed by atoms with Gasteiger partial charge in [0.1, 0.15) is 5.75 Å². The third-order valence-corrected chi connectivity index (χ3v) is 4.18. The van der Waals surface area contributed by atoms with Crippen LogP contribution in [0.15, 0.2) is 24.3 Å². The first-order chi connectivity index (χ1) is 11.6. The summed E-state index contributed by atoms with van der Waals surface area (Å²) in [6.45, 7) is -0.166. The van der Waals surface area contributed by atoms with Gasteiger partial charge in [-0.2, -0.15) is 8.78 Å². The van der Waals surface area contributed by atoms with Crippen molar-refractivity contribution in [3.05, 3.63) is 24.3 Å². The number of likely N-dealkylation sites (tertiary alicyclic amines) is 1. The molecule has 0 unspecified atom stereocenters. The van der Waals surface area contributed by atoms with Gasteiger partial charge >= 0.3 is 6.61 Å². The fraction of sp³-hybridized carbons (Fsp3) is 0.562. The van der Waals surface area contributed by atoms with E-state index in [4.69, 9.17) is 9.47 Å². The number of ether oxygens (including phenoxy) is 3. The standard InChI is InChI=1S/C16H20F2N2O4/c17-15(18)24-13-4-2-1-3-12(13)19-14(21)11-20-7-5-16(6-8-20)22-9-10-23-16/h1-4,15H,5-11H2,(H,19,21). The van der Waals surface area contributed by atoms with Gasteiger partial charge in [-0.25, -0.2) is 0 Å². The average Bonchev–Trinajstić information content (AvgIpc) is 3.00. The molecule has 2 heterocycles. The Labute approximate surface area is 138 Å². The fourth-order valence-electron chi connectivity index (χ4n) is 3.00. The molecule has 3 rings (SSSR count). The van der Waals surface area contributed by atoms with E-state index in [2.05, 4.69) is 10.1 Å². The summed E-state index contributed by atoms with van der Waals surface area (Å²) >= 11 is 0. The van der Waals surface area contributed by atoms with Crippen LogP contribution in [0.5, 0.6) is 5.75 Å². The highest BCUT2D eigenvalue weighted by atomic mass is 19.3. The normalized spacial score (nSPS) is 20.5. The molecule has 0 atom stereocenters. The van der Waals surface area contributed by atoms with Crippen LogP contribution in [0.25, 0.3) is 0 Å². The molecular weight excluding hydrogens is 322 g/mol. The Balaban J connectivity index is 1.51. The van der Waals surface area contributed by atoms with Crippen LogP contribution >= 0.6 is 0 Å². The van der Waals surface area contributed by atoms with E-state index in [0.717, 1.165) is 0 Å². The average molecular weight is 342 g/mol. The molecule has 132 valence electrons. The van der Waals surface area contributed by atoms with Crippen LogP contribution in [0.2, 0.25) is 0 Å². The highest BCUT2D eigenvalue weighted by Crippen LogP contribution is 2.31. The fourth-order valence-corrected chi connectivity index (χ4v) is 3.00. The molecule has 0 aromatic heterocycles. The molecule has 1 N–H and O–H groups in total. The number of carbonyl (C=O) groups is 1. The molecular formula is C16H20F2N2O4. The zero-order valence-corrected chi connectivity index (χ0v) is 13.2. The van der Waals surface area contributed by atoms with Crippen molar-refractivity contribution in [2.75, 3.05) is 38.2 Å². The van der Waals surface area contributed by atoms with Gasteiger partial charge in [0.2, 0.25) is 5.91 Å². The number of nitrogens with one attached hydrogen (secondary N) is 1. The number of nitrogens with zero attached hydrogens (tertiary/aromatic N) is 1. The number of amides is 1. The summed E-state index contributed by atoms with van der Waals surface area (Å²) in [5.41, 5.74) is 0.235. The zero-order valence-electron chi connectivity index (χ0n) is 13.2. The first kappa shape index (κ1) is 17.1. The van der Waals surface area contributed by atoms with E-state index in [0.29, 0.717) is 39.1 Å². The van der Waals surface area contributed by atoms with E-state index in [1.807, 2.05) is 4.90 Å². The van der Waals surface area contributed by atoms with Crippen molar-refractivity contribution < 1.29 is 27.8 Å². The third kappa shape index (κ3) is 4.19. The van der Waals surface area contributed by atoms with E-state index in [1.165, 1.54) is 12.1 Å². The first-order valence-corrected chi connectivity index (χ1v) is 7.90. The molecule has 0 bridgehead atoms. The predicted octanol–water partition coefficient (Wildman–Crippen LogP) is 2.07. The van der Waals surface area contributed by atoms with Crippen molar-refractivity contribution >= 4 is 11.6 Å². The number of carbonyl (C=O) groups excluding carboxylic acids is 1. The van der Waals surface area contributed by atoms with Gasteiger partial charge in [-0.15, -0.1) is 0 Å². The maximum Gasteiger partial charge on any atom is 0.387 e. The summed E-state index contributed by atoms with van der Waals surface area (Å²) < 4.78 is 40.5. The Kier molecular flexibility index (Phi) is 5.27. The first-order valence-electron chi connectivity index (χ1n) is 7.90. The predicted molar refractivity (Wildman–Crippen MR) is 82.0 cm³/mol. The minimum atomic E-state index is -2.94. The number of alkyl halides is 2. The van der Waals surface area contributed by atoms with Gasteiger partial charge < -0.3 is 19.5 Å². The number of rotatable bonds is 5. The SMILES string of the molecule is O=C(CN1CCC2(CC1)OCCO2)Nc1ccccc1OC(F)F. The monoisotopic (exact) mass is 342 g/mol. The second-order valence-electron chi connectivity index (χ2n) is 5.81. The number of benzene rings is 1. The lowest BCUT2D eigenvalue weighted by atomic mass is 10.0. The molecule has 2 fully saturated rings. The van der Waals surface area contributed by atoms with Gasteiger partial charge in [-0.3, -0.25) is 9.69 Å². The Morgan fingerprint density at radius 2 is 1.92 bits per heavy atom. The molecule has 6 nitrogen and oxygen atoms in total. The highest BCUT2D eigenvalue weighted by Gasteiger charge is 2.39. The summed E-state index contributed by atoms with van der Waals surface area (Å²) in [6.07, 6.45) is 1.43. The lowest BCUT2D eigenvalue weighted by molar-refractivity contribution is -0.185. The molecule has 0 aliphatic carbocycles. The van der Waals surface area contributed by atoms with E-state index in [-0.39, 0.29) is 23.9 Å². The van der Waals surface area contributed by atoms with Gasteiger partial charge in [-0.05, 0) is 12.1 Å². The Morgan fingerprint density at radius 3 is 2.58 bits per heavy atom. The topological polar surface area (TPSA) is 60.0 Å². The molecule has 8 heteroatoms. The second kappa shape index (κ2) is 7.42. The number of hydrogen-bond donors (Lipinski definition) is 1. The van der Waals surface area contributed by atoms with Crippen molar-refractivity contribution in [1.29, 1.82) is 0 Å². The van der Waals surface area contributed by atoms with E-state index < -0.39 is 12.4 Å². The molecule has 1 aromatic rings. The van der Waals surface area contributed by atoms with Gasteiger partial charge in [0.05, 0.1) is 25.4 Å². The summed E-state index contributed by atoms with van der Waals surface area (Å²) in [5, 5.41) is 2.62. The van der Waals surface area contributed by atoms with Crippen LogP contribution in [-0.4, -0.2) is 56.1 Å². The second-order valence-corrected chi connectivity index (χ2v) is 5.81. The quantitative estimate of drug-likeness (QED) is 0.888. The van der Waals surface area contributed by atoms with E-state index in [1.54, 1.807) is 12.1 Å². The molecule has 0 radical (unpaired) electrons. The maximum absolute atomic E-state index is 12.4. The number of hydrogen-bond acceptors (Lipinski definition) is 5. The van der Waals surface area contributed by atoms with Gasteiger partial charge in [0.25, 0.3) is 0 Å². The summed E-state index contributed by atoms with van der Waals surface area (Å²) in [7, 11) is 0. The van der Waals surface area contributed by atoms with Gasteiger partial charge in [0, 0.05) is 25.9 Å². The van der Waals surface area contributed by atoms with Crippen LogP contribution < -0.4 is 10.1 Å². The van der Waals surface area contributed by atoms with Crippen molar-refractivity contribution in [3.8, 4) is 5.75 Å². The van der Waals surface area contributed by atoms with E-state index >= 15 is 0 Å². The van der Waals surface area contributed by atoms with E-state index in [9.17, 15) is 13.6 Å². The number of piperidine rings is 1. The highest BCUT2D eigenvalue weighted by molar-refractivity contribution is 5.93. The minimum Gasteiger partial charge on any atom is -0.433 e. The lowest BCUT2D eigenvalue weighted by Crippen LogP contribution is -2.47. The van der Waals surface area contributed by atoms with Gasteiger partial charge in [-0.1, -0.05) is 12.1 Å². The summed E-state index contributed by atoms with van der Waals surface area (Å²) in [5.74, 6) is -0.805. The summed E-state index contributed by atoms with van der Waals surface area (Å²) in [4.78, 5) is 14.2. The van der Waals surface area contributed by atoms with Crippen molar-refractivity contribution in [2.24, 2.45) is 0 Å². The van der Waals surface area contributed by atoms with Crippen molar-refractivity contribution in [3.63, 3.8) is 0 Å². The Morgan fingerprint density at radius 1 is 1.25 bits per heavy atom. The number of anilines is 1. The number of halogens is 2. The Hall–Kier alpha value is -1.77. The van der Waals surface area contributed by atoms with Crippen molar-refractivity contribution in [2.45, 2.75) is 25.2 Å². The van der Waals surface area contributed by atoms with Crippen LogP contribution in [0.4, 0.5) is 14.5 Å². The molecule has 1 amide bonds. The van der Waals surface area contributed by atoms with Crippen LogP contribution in [-0.2, 0) is 14.3 Å². The zero-order chi connectivity index (χ0) is 17.0. The molecule has 2 saturated heterocycles. The third-order valence-electron chi connectivity index (χ3n) is 4.18. The van der Waals surface area contributed by atoms with Gasteiger partial charge in [0.15, 0.2) is 5.79 Å². The Bertz CT molecular complexity index is 569. The largest absolute Gasteiger partial charge is 0.433 e. The molecule has 24 heavy (non-hydrogen) atoms.